The maximum absolute atomic E-state index is 13.8. The first kappa shape index (κ1) is 15.7. The first-order valence-corrected chi connectivity index (χ1v) is 7.67. The van der Waals surface area contributed by atoms with E-state index < -0.39 is 0 Å². The van der Waals surface area contributed by atoms with E-state index in [0.29, 0.717) is 12.1 Å². The van der Waals surface area contributed by atoms with Crippen molar-refractivity contribution in [1.29, 1.82) is 0 Å². The Morgan fingerprint density at radius 1 is 1.29 bits per heavy atom. The second kappa shape index (κ2) is 6.83. The van der Waals surface area contributed by atoms with E-state index in [2.05, 4.69) is 0 Å². The average molecular weight is 306 g/mol. The normalized spacial score (nSPS) is 10.9. The van der Waals surface area contributed by atoms with Crippen LogP contribution >= 0.6 is 11.3 Å². The summed E-state index contributed by atoms with van der Waals surface area (Å²) in [4.78, 5) is 15.5. The minimum absolute atomic E-state index is 0.00370. The van der Waals surface area contributed by atoms with Crippen LogP contribution in [0.15, 0.2) is 36.4 Å². The van der Waals surface area contributed by atoms with Crippen molar-refractivity contribution >= 4 is 17.2 Å². The van der Waals surface area contributed by atoms with Gasteiger partial charge >= 0.3 is 0 Å². The van der Waals surface area contributed by atoms with Crippen LogP contribution in [0.4, 0.5) is 4.39 Å². The number of carbonyl (C=O) groups is 1. The van der Waals surface area contributed by atoms with E-state index in [1.165, 1.54) is 17.4 Å². The summed E-state index contributed by atoms with van der Waals surface area (Å²) in [5.41, 5.74) is 6.04. The molecule has 0 unspecified atom stereocenters. The van der Waals surface area contributed by atoms with E-state index in [9.17, 15) is 9.18 Å². The molecule has 0 fully saturated rings. The van der Waals surface area contributed by atoms with Gasteiger partial charge in [-0.3, -0.25) is 4.79 Å². The smallest absolute Gasteiger partial charge is 0.236 e. The third kappa shape index (κ3) is 3.68. The summed E-state index contributed by atoms with van der Waals surface area (Å²) in [6.45, 7) is 4.43. The van der Waals surface area contributed by atoms with Gasteiger partial charge in [-0.25, -0.2) is 4.39 Å². The van der Waals surface area contributed by atoms with Gasteiger partial charge in [0.15, 0.2) is 0 Å². The number of benzene rings is 1. The fraction of sp³-hybridized carbons (Fsp3) is 0.312. The molecule has 21 heavy (non-hydrogen) atoms. The highest BCUT2D eigenvalue weighted by Crippen LogP contribution is 2.30. The zero-order chi connectivity index (χ0) is 15.4. The van der Waals surface area contributed by atoms with Gasteiger partial charge in [-0.1, -0.05) is 18.2 Å². The van der Waals surface area contributed by atoms with Crippen molar-refractivity contribution in [2.24, 2.45) is 5.73 Å². The number of amides is 1. The largest absolute Gasteiger partial charge is 0.334 e. The summed E-state index contributed by atoms with van der Waals surface area (Å²) < 4.78 is 13.8. The van der Waals surface area contributed by atoms with Crippen molar-refractivity contribution < 1.29 is 9.18 Å². The Bertz CT molecular complexity index is 624. The molecular weight excluding hydrogens is 287 g/mol. The quantitative estimate of drug-likeness (QED) is 0.921. The first-order chi connectivity index (χ1) is 10.0. The molecule has 3 nitrogen and oxygen atoms in total. The first-order valence-electron chi connectivity index (χ1n) is 6.86. The summed E-state index contributed by atoms with van der Waals surface area (Å²) in [6.07, 6.45) is 0. The van der Waals surface area contributed by atoms with Crippen molar-refractivity contribution in [3.63, 3.8) is 0 Å². The summed E-state index contributed by atoms with van der Waals surface area (Å²) >= 11 is 1.50. The molecule has 0 aliphatic carbocycles. The molecule has 5 heteroatoms. The predicted molar refractivity (Wildman–Crippen MR) is 84.5 cm³/mol. The van der Waals surface area contributed by atoms with Gasteiger partial charge in [0.2, 0.25) is 5.91 Å². The molecule has 2 aromatic rings. The van der Waals surface area contributed by atoms with Crippen LogP contribution in [0.25, 0.3) is 10.4 Å². The highest BCUT2D eigenvalue weighted by Gasteiger charge is 2.17. The van der Waals surface area contributed by atoms with Crippen molar-refractivity contribution in [2.45, 2.75) is 26.4 Å². The number of halogens is 1. The van der Waals surface area contributed by atoms with Gasteiger partial charge in [-0.05, 0) is 32.0 Å². The maximum Gasteiger partial charge on any atom is 0.236 e. The van der Waals surface area contributed by atoms with Gasteiger partial charge in [0.05, 0.1) is 13.1 Å². The lowest BCUT2D eigenvalue weighted by molar-refractivity contribution is -0.131. The topological polar surface area (TPSA) is 46.3 Å². The van der Waals surface area contributed by atoms with Crippen molar-refractivity contribution in [3.05, 3.63) is 47.1 Å². The fourth-order valence-electron chi connectivity index (χ4n) is 2.11. The number of carbonyl (C=O) groups excluding carboxylic acids is 1. The second-order valence-corrected chi connectivity index (χ2v) is 6.23. The summed E-state index contributed by atoms with van der Waals surface area (Å²) in [5, 5.41) is 0. The summed E-state index contributed by atoms with van der Waals surface area (Å²) in [6, 6.07) is 10.6. The molecule has 0 bridgehead atoms. The Morgan fingerprint density at radius 3 is 2.62 bits per heavy atom. The van der Waals surface area contributed by atoms with Crippen LogP contribution in [0.1, 0.15) is 18.7 Å². The van der Waals surface area contributed by atoms with Crippen LogP contribution in [0, 0.1) is 5.82 Å². The van der Waals surface area contributed by atoms with Gasteiger partial charge in [0.1, 0.15) is 5.82 Å². The van der Waals surface area contributed by atoms with Crippen molar-refractivity contribution in [3.8, 4) is 10.4 Å². The van der Waals surface area contributed by atoms with E-state index in [-0.39, 0.29) is 24.3 Å². The molecule has 2 N–H and O–H groups in total. The second-order valence-electron chi connectivity index (χ2n) is 5.07. The van der Waals surface area contributed by atoms with Crippen LogP contribution in [0.5, 0.6) is 0 Å². The van der Waals surface area contributed by atoms with E-state index in [0.717, 1.165) is 9.75 Å². The number of thiophene rings is 1. The molecule has 112 valence electrons. The van der Waals surface area contributed by atoms with E-state index in [4.69, 9.17) is 5.73 Å². The number of hydrogen-bond acceptors (Lipinski definition) is 3. The SMILES string of the molecule is CC(C)N(Cc1ccc(-c2ccccc2F)s1)C(=O)CN. The molecule has 0 saturated carbocycles. The molecule has 2 rings (SSSR count). The molecule has 0 radical (unpaired) electrons. The number of nitrogens with two attached hydrogens (primary N) is 1. The third-order valence-electron chi connectivity index (χ3n) is 3.25. The van der Waals surface area contributed by atoms with Crippen LogP contribution in [0.3, 0.4) is 0 Å². The van der Waals surface area contributed by atoms with Crippen LogP contribution in [-0.4, -0.2) is 23.4 Å². The minimum atomic E-state index is -0.232. The van der Waals surface area contributed by atoms with Crippen LogP contribution in [-0.2, 0) is 11.3 Å². The van der Waals surface area contributed by atoms with E-state index >= 15 is 0 Å². The van der Waals surface area contributed by atoms with Gasteiger partial charge in [-0.2, -0.15) is 0 Å². The van der Waals surface area contributed by atoms with E-state index in [1.54, 1.807) is 17.0 Å². The van der Waals surface area contributed by atoms with Crippen LogP contribution in [0.2, 0.25) is 0 Å². The Kier molecular flexibility index (Phi) is 5.09. The average Bonchev–Trinajstić information content (AvgIpc) is 2.92. The highest BCUT2D eigenvalue weighted by atomic mass is 32.1. The molecule has 1 heterocycles. The molecule has 0 aliphatic rings. The highest BCUT2D eigenvalue weighted by molar-refractivity contribution is 7.15. The van der Waals surface area contributed by atoms with Crippen molar-refractivity contribution in [2.75, 3.05) is 6.54 Å². The summed E-state index contributed by atoms with van der Waals surface area (Å²) in [5.74, 6) is -0.310. The minimum Gasteiger partial charge on any atom is -0.334 e. The third-order valence-corrected chi connectivity index (χ3v) is 4.35. The molecule has 1 aromatic heterocycles. The molecule has 0 aliphatic heterocycles. The monoisotopic (exact) mass is 306 g/mol. The molecule has 0 atom stereocenters. The molecule has 0 spiro atoms. The number of nitrogens with zero attached hydrogens (tertiary/aromatic N) is 1. The maximum atomic E-state index is 13.8. The Labute approximate surface area is 128 Å². The molecular formula is C16H19FN2OS. The lowest BCUT2D eigenvalue weighted by Crippen LogP contribution is -2.40. The Morgan fingerprint density at radius 2 is 2.00 bits per heavy atom. The zero-order valence-electron chi connectivity index (χ0n) is 12.2. The summed E-state index contributed by atoms with van der Waals surface area (Å²) in [7, 11) is 0. The van der Waals surface area contributed by atoms with Gasteiger partial charge in [-0.15, -0.1) is 11.3 Å². The fourth-order valence-corrected chi connectivity index (χ4v) is 3.15. The molecule has 1 amide bonds. The van der Waals surface area contributed by atoms with Gasteiger partial charge in [0.25, 0.3) is 0 Å². The van der Waals surface area contributed by atoms with Crippen LogP contribution < -0.4 is 5.73 Å². The van der Waals surface area contributed by atoms with E-state index in [1.807, 2.05) is 32.0 Å². The zero-order valence-corrected chi connectivity index (χ0v) is 13.0. The molecule has 1 aromatic carbocycles. The Hall–Kier alpha value is -1.72. The van der Waals surface area contributed by atoms with Gasteiger partial charge < -0.3 is 10.6 Å². The lowest BCUT2D eigenvalue weighted by atomic mass is 10.2. The Balaban J connectivity index is 2.20. The standard InChI is InChI=1S/C16H19FN2OS/c1-11(2)19(16(20)9-18)10-12-7-8-15(21-12)13-5-3-4-6-14(13)17/h3-8,11H,9-10,18H2,1-2H3. The number of hydrogen-bond donors (Lipinski definition) is 1. The predicted octanol–water partition coefficient (Wildman–Crippen LogP) is 3.25. The van der Waals surface area contributed by atoms with Crippen molar-refractivity contribution in [1.82, 2.24) is 4.90 Å². The molecule has 0 saturated heterocycles. The van der Waals surface area contributed by atoms with Gasteiger partial charge in [0, 0.05) is 21.4 Å². The lowest BCUT2D eigenvalue weighted by Gasteiger charge is -2.25. The number of rotatable bonds is 5.